The number of methoxy groups -OCH3 is 1. The third kappa shape index (κ3) is 4.34. The first-order valence-corrected chi connectivity index (χ1v) is 10.8. The molecule has 0 atom stereocenters. The Morgan fingerprint density at radius 2 is 1.83 bits per heavy atom. The number of carbonyl (C=O) groups is 1. The molecule has 0 fully saturated rings. The van der Waals surface area contributed by atoms with Gasteiger partial charge in [0.25, 0.3) is 5.91 Å². The molecule has 1 aromatic heterocycles. The summed E-state index contributed by atoms with van der Waals surface area (Å²) in [6.45, 7) is 3.84. The zero-order chi connectivity index (χ0) is 21.3. The standard InChI is InChI=1S/C19H19BrN4O4S/c1-11-18(20)12(2)24(23-11)15-7-4-13(5-8-15)19(25)22-14-6-9-16(28-3)17(10-14)29(21,26)27/h4-10H,1-3H3,(H,22,25)(H2,21,26,27). The van der Waals surface area contributed by atoms with Gasteiger partial charge in [0.05, 0.1) is 28.7 Å². The summed E-state index contributed by atoms with van der Waals surface area (Å²) in [6.07, 6.45) is 0. The van der Waals surface area contributed by atoms with Crippen molar-refractivity contribution in [2.75, 3.05) is 12.4 Å². The zero-order valence-corrected chi connectivity index (χ0v) is 18.3. The van der Waals surface area contributed by atoms with E-state index in [0.29, 0.717) is 5.56 Å². The molecule has 10 heteroatoms. The van der Waals surface area contributed by atoms with Crippen molar-refractivity contribution in [1.29, 1.82) is 0 Å². The van der Waals surface area contributed by atoms with Crippen molar-refractivity contribution in [3.05, 3.63) is 63.9 Å². The van der Waals surface area contributed by atoms with Crippen molar-refractivity contribution >= 4 is 37.5 Å². The fourth-order valence-corrected chi connectivity index (χ4v) is 3.78. The van der Waals surface area contributed by atoms with E-state index in [1.165, 1.54) is 25.3 Å². The number of aromatic nitrogens is 2. The van der Waals surface area contributed by atoms with E-state index < -0.39 is 15.9 Å². The van der Waals surface area contributed by atoms with Gasteiger partial charge in [0.2, 0.25) is 10.0 Å². The molecule has 0 radical (unpaired) electrons. The molecule has 3 rings (SSSR count). The van der Waals surface area contributed by atoms with E-state index in [-0.39, 0.29) is 16.3 Å². The van der Waals surface area contributed by atoms with E-state index in [0.717, 1.165) is 21.5 Å². The number of ether oxygens (including phenoxy) is 1. The Kier molecular flexibility index (Phi) is 5.78. The van der Waals surface area contributed by atoms with E-state index in [2.05, 4.69) is 26.3 Å². The van der Waals surface area contributed by atoms with Crippen LogP contribution in [0.15, 0.2) is 51.8 Å². The van der Waals surface area contributed by atoms with Gasteiger partial charge in [-0.15, -0.1) is 0 Å². The summed E-state index contributed by atoms with van der Waals surface area (Å²) in [5.74, 6) is -0.289. The maximum absolute atomic E-state index is 12.5. The smallest absolute Gasteiger partial charge is 0.255 e. The number of benzene rings is 2. The van der Waals surface area contributed by atoms with Crippen LogP contribution in [0.2, 0.25) is 0 Å². The van der Waals surface area contributed by atoms with Gasteiger partial charge in [-0.05, 0) is 72.2 Å². The summed E-state index contributed by atoms with van der Waals surface area (Å²) in [5.41, 5.74) is 3.32. The minimum absolute atomic E-state index is 0.103. The van der Waals surface area contributed by atoms with Crippen molar-refractivity contribution in [3.63, 3.8) is 0 Å². The number of anilines is 1. The highest BCUT2D eigenvalue weighted by Gasteiger charge is 2.17. The number of rotatable bonds is 5. The summed E-state index contributed by atoms with van der Waals surface area (Å²) >= 11 is 3.49. The van der Waals surface area contributed by atoms with Crippen LogP contribution in [0.1, 0.15) is 21.7 Å². The lowest BCUT2D eigenvalue weighted by Crippen LogP contribution is -2.16. The van der Waals surface area contributed by atoms with Crippen molar-refractivity contribution in [1.82, 2.24) is 9.78 Å². The van der Waals surface area contributed by atoms with E-state index >= 15 is 0 Å². The molecule has 0 aliphatic carbocycles. The molecule has 0 saturated heterocycles. The third-order valence-electron chi connectivity index (χ3n) is 4.31. The molecule has 152 valence electrons. The number of hydrogen-bond donors (Lipinski definition) is 2. The van der Waals surface area contributed by atoms with E-state index in [4.69, 9.17) is 9.88 Å². The Morgan fingerprint density at radius 1 is 1.17 bits per heavy atom. The number of hydrogen-bond acceptors (Lipinski definition) is 5. The second-order valence-electron chi connectivity index (χ2n) is 6.31. The van der Waals surface area contributed by atoms with Crippen LogP contribution in [0.3, 0.4) is 0 Å². The predicted molar refractivity (Wildman–Crippen MR) is 113 cm³/mol. The minimum atomic E-state index is -4.00. The van der Waals surface area contributed by atoms with Crippen LogP contribution < -0.4 is 15.2 Å². The highest BCUT2D eigenvalue weighted by molar-refractivity contribution is 9.10. The molecule has 3 N–H and O–H groups in total. The molecule has 2 aromatic carbocycles. The van der Waals surface area contributed by atoms with Crippen LogP contribution in [0.4, 0.5) is 5.69 Å². The van der Waals surface area contributed by atoms with Crippen LogP contribution >= 0.6 is 15.9 Å². The highest BCUT2D eigenvalue weighted by atomic mass is 79.9. The average molecular weight is 479 g/mol. The maximum atomic E-state index is 12.5. The Balaban J connectivity index is 1.84. The summed E-state index contributed by atoms with van der Waals surface area (Å²) in [5, 5.41) is 12.3. The van der Waals surface area contributed by atoms with Gasteiger partial charge in [0.1, 0.15) is 10.6 Å². The van der Waals surface area contributed by atoms with Gasteiger partial charge in [-0.25, -0.2) is 18.2 Å². The first kappa shape index (κ1) is 21.0. The second kappa shape index (κ2) is 7.97. The normalized spacial score (nSPS) is 11.3. The van der Waals surface area contributed by atoms with Gasteiger partial charge in [-0.3, -0.25) is 4.79 Å². The Bertz CT molecular complexity index is 1190. The van der Waals surface area contributed by atoms with Gasteiger partial charge in [0.15, 0.2) is 0 Å². The fraction of sp³-hybridized carbons (Fsp3) is 0.158. The Labute approximate surface area is 176 Å². The number of halogens is 1. The van der Waals surface area contributed by atoms with Crippen LogP contribution in [-0.4, -0.2) is 31.2 Å². The quantitative estimate of drug-likeness (QED) is 0.583. The summed E-state index contributed by atoms with van der Waals surface area (Å²) < 4.78 is 31.2. The molecule has 0 saturated carbocycles. The van der Waals surface area contributed by atoms with Crippen LogP contribution in [-0.2, 0) is 10.0 Å². The van der Waals surface area contributed by atoms with E-state index in [1.54, 1.807) is 28.9 Å². The molecular weight excluding hydrogens is 460 g/mol. The number of nitrogens with two attached hydrogens (primary N) is 1. The second-order valence-corrected chi connectivity index (χ2v) is 8.63. The third-order valence-corrected chi connectivity index (χ3v) is 6.38. The number of nitrogens with one attached hydrogen (secondary N) is 1. The lowest BCUT2D eigenvalue weighted by atomic mass is 10.2. The number of amides is 1. The van der Waals surface area contributed by atoms with Crippen LogP contribution in [0, 0.1) is 13.8 Å². The molecule has 1 heterocycles. The fourth-order valence-electron chi connectivity index (χ4n) is 2.81. The predicted octanol–water partition coefficient (Wildman–Crippen LogP) is 3.16. The zero-order valence-electron chi connectivity index (χ0n) is 15.9. The number of primary sulfonamides is 1. The monoisotopic (exact) mass is 478 g/mol. The van der Waals surface area contributed by atoms with Crippen molar-refractivity contribution in [3.8, 4) is 11.4 Å². The first-order valence-electron chi connectivity index (χ1n) is 8.46. The molecule has 0 aliphatic heterocycles. The minimum Gasteiger partial charge on any atom is -0.495 e. The van der Waals surface area contributed by atoms with Crippen LogP contribution in [0.5, 0.6) is 5.75 Å². The van der Waals surface area contributed by atoms with Crippen molar-refractivity contribution < 1.29 is 17.9 Å². The summed E-state index contributed by atoms with van der Waals surface area (Å²) in [7, 11) is -2.66. The number of nitrogens with zero attached hydrogens (tertiary/aromatic N) is 2. The van der Waals surface area contributed by atoms with Gasteiger partial charge in [-0.1, -0.05) is 0 Å². The number of aryl methyl sites for hydroxylation is 1. The molecule has 3 aromatic rings. The molecule has 0 aliphatic rings. The molecular formula is C19H19BrN4O4S. The van der Waals surface area contributed by atoms with Crippen LogP contribution in [0.25, 0.3) is 5.69 Å². The van der Waals surface area contributed by atoms with Gasteiger partial charge in [-0.2, -0.15) is 5.10 Å². The first-order chi connectivity index (χ1) is 13.6. The lowest BCUT2D eigenvalue weighted by molar-refractivity contribution is 0.102. The van der Waals surface area contributed by atoms with Crippen molar-refractivity contribution in [2.45, 2.75) is 18.7 Å². The van der Waals surface area contributed by atoms with Gasteiger partial charge in [0, 0.05) is 11.3 Å². The van der Waals surface area contributed by atoms with Gasteiger partial charge >= 0.3 is 0 Å². The Morgan fingerprint density at radius 3 is 2.34 bits per heavy atom. The number of carbonyl (C=O) groups excluding carboxylic acids is 1. The summed E-state index contributed by atoms with van der Waals surface area (Å²) in [6, 6.07) is 11.1. The summed E-state index contributed by atoms with van der Waals surface area (Å²) in [4.78, 5) is 12.3. The highest BCUT2D eigenvalue weighted by Crippen LogP contribution is 2.27. The molecule has 0 unspecified atom stereocenters. The molecule has 0 bridgehead atoms. The van der Waals surface area contributed by atoms with Crippen molar-refractivity contribution in [2.24, 2.45) is 5.14 Å². The molecule has 29 heavy (non-hydrogen) atoms. The molecule has 8 nitrogen and oxygen atoms in total. The maximum Gasteiger partial charge on any atom is 0.255 e. The van der Waals surface area contributed by atoms with Gasteiger partial charge < -0.3 is 10.1 Å². The SMILES string of the molecule is COc1ccc(NC(=O)c2ccc(-n3nc(C)c(Br)c3C)cc2)cc1S(N)(=O)=O. The van der Waals surface area contributed by atoms with E-state index in [9.17, 15) is 13.2 Å². The molecule has 1 amide bonds. The largest absolute Gasteiger partial charge is 0.495 e. The topological polar surface area (TPSA) is 116 Å². The Hall–Kier alpha value is -2.69. The lowest BCUT2D eigenvalue weighted by Gasteiger charge is -2.11. The number of sulfonamides is 1. The van der Waals surface area contributed by atoms with E-state index in [1.807, 2.05) is 13.8 Å². The average Bonchev–Trinajstić information content (AvgIpc) is 2.94. The molecule has 0 spiro atoms.